The fourth-order valence-electron chi connectivity index (χ4n) is 1.89. The highest BCUT2D eigenvalue weighted by molar-refractivity contribution is 8.08. The highest BCUT2D eigenvalue weighted by Gasteiger charge is 2.34. The Labute approximate surface area is 105 Å². The third-order valence-electron chi connectivity index (χ3n) is 2.88. The van der Waals surface area contributed by atoms with Crippen molar-refractivity contribution in [3.8, 4) is 5.75 Å². The topological polar surface area (TPSA) is 9.23 Å². The lowest BCUT2D eigenvalue weighted by Crippen LogP contribution is -2.22. The van der Waals surface area contributed by atoms with Crippen LogP contribution in [0.25, 0.3) is 0 Å². The Morgan fingerprint density at radius 1 is 0.941 bits per heavy atom. The van der Waals surface area contributed by atoms with Crippen LogP contribution in [0, 0.1) is 0 Å². The second kappa shape index (κ2) is 4.93. The number of rotatable bonds is 3. The van der Waals surface area contributed by atoms with Gasteiger partial charge in [-0.1, -0.05) is 30.3 Å². The lowest BCUT2D eigenvalue weighted by molar-refractivity contribution is 0.418. The summed E-state index contributed by atoms with van der Waals surface area (Å²) in [6.45, 7) is 2.11. The Balaban J connectivity index is 2.51. The quantitative estimate of drug-likeness (QED) is 0.592. The van der Waals surface area contributed by atoms with Gasteiger partial charge in [-0.3, -0.25) is 0 Å². The molecule has 0 bridgehead atoms. The van der Waals surface area contributed by atoms with E-state index in [0.29, 0.717) is 0 Å². The van der Waals surface area contributed by atoms with E-state index in [0.717, 1.165) is 11.1 Å². The largest absolute Gasteiger partial charge is 0.493 e. The molecule has 2 aromatic carbocycles. The predicted molar refractivity (Wildman–Crippen MR) is 77.3 cm³/mol. The molecule has 0 aliphatic carbocycles. The maximum absolute atomic E-state index is 6.57. The van der Waals surface area contributed by atoms with E-state index in [1.165, 1.54) is 5.30 Å². The molecule has 0 fully saturated rings. The lowest BCUT2D eigenvalue weighted by atomic mass is 10.3. The number of hydrogen-bond acceptors (Lipinski definition) is 1. The molecule has 0 amide bonds. The van der Waals surface area contributed by atoms with Gasteiger partial charge in [-0.05, 0) is 24.3 Å². The van der Waals surface area contributed by atoms with Crippen LogP contribution in [0.3, 0.4) is 0 Å². The van der Waals surface area contributed by atoms with E-state index in [9.17, 15) is 0 Å². The van der Waals surface area contributed by atoms with Gasteiger partial charge in [0.2, 0.25) is 0 Å². The van der Waals surface area contributed by atoms with Crippen molar-refractivity contribution in [1.82, 2.24) is 0 Å². The minimum Gasteiger partial charge on any atom is -0.493 e. The summed E-state index contributed by atoms with van der Waals surface area (Å²) in [6.07, 6.45) is 0. The van der Waals surface area contributed by atoms with Crippen molar-refractivity contribution in [3.63, 3.8) is 0 Å². The Bertz CT molecular complexity index is 497. The van der Waals surface area contributed by atoms with Gasteiger partial charge in [-0.2, -0.15) is 0 Å². The van der Waals surface area contributed by atoms with E-state index in [1.807, 2.05) is 36.4 Å². The maximum atomic E-state index is 6.57. The second-order valence-electron chi connectivity index (χ2n) is 4.08. The molecule has 0 saturated carbocycles. The number of para-hydroxylation sites is 1. The third kappa shape index (κ3) is 2.37. The van der Waals surface area contributed by atoms with Crippen LogP contribution in [0.5, 0.6) is 5.75 Å². The van der Waals surface area contributed by atoms with Gasteiger partial charge < -0.3 is 4.74 Å². The molecule has 84 valence electrons. The molecule has 1 atom stereocenters. The van der Waals surface area contributed by atoms with Crippen LogP contribution < -0.4 is 15.3 Å². The van der Waals surface area contributed by atoms with Crippen LogP contribution in [0.4, 0.5) is 0 Å². The average molecular weight is 241 g/mol. The molecular weight excluding hydrogens is 226 g/mol. The standard InChI is InChI=1S/C14H15BOP/c1-16-13-10-6-7-11-14(13)17(2,15)12-8-4-3-5-9-12/h3-11H,1-2H3/q+1. The van der Waals surface area contributed by atoms with Crippen LogP contribution in [-0.4, -0.2) is 21.3 Å². The number of methoxy groups -OCH3 is 1. The molecule has 0 saturated heterocycles. The maximum Gasteiger partial charge on any atom is 0.377 e. The highest BCUT2D eigenvalue weighted by atomic mass is 31.2. The molecule has 2 rings (SSSR count). The molecule has 0 aromatic heterocycles. The van der Waals surface area contributed by atoms with Crippen molar-refractivity contribution in [2.24, 2.45) is 0 Å². The van der Waals surface area contributed by atoms with Gasteiger partial charge in [-0.25, -0.2) is 0 Å². The number of ether oxygens (including phenoxy) is 1. The normalized spacial score (nSPS) is 14.0. The van der Waals surface area contributed by atoms with Gasteiger partial charge in [0.05, 0.1) is 12.4 Å². The molecule has 1 unspecified atom stereocenters. The van der Waals surface area contributed by atoms with Gasteiger partial charge in [0.15, 0.2) is 5.75 Å². The summed E-state index contributed by atoms with van der Waals surface area (Å²) in [5, 5.41) is 2.29. The van der Waals surface area contributed by atoms with Crippen molar-refractivity contribution >= 4 is 25.3 Å². The van der Waals surface area contributed by atoms with Crippen molar-refractivity contribution in [2.45, 2.75) is 0 Å². The second-order valence-corrected chi connectivity index (χ2v) is 7.23. The first-order valence-electron chi connectivity index (χ1n) is 5.50. The molecule has 2 aromatic rings. The predicted octanol–water partition coefficient (Wildman–Crippen LogP) is 2.38. The Morgan fingerprint density at radius 2 is 1.53 bits per heavy atom. The van der Waals surface area contributed by atoms with E-state index in [1.54, 1.807) is 7.11 Å². The van der Waals surface area contributed by atoms with Crippen LogP contribution in [0.15, 0.2) is 54.6 Å². The van der Waals surface area contributed by atoms with Gasteiger partial charge in [0.25, 0.3) is 0 Å². The van der Waals surface area contributed by atoms with Gasteiger partial charge in [-0.15, -0.1) is 0 Å². The first-order chi connectivity index (χ1) is 8.16. The minimum absolute atomic E-state index is 0.870. The Morgan fingerprint density at radius 3 is 2.18 bits per heavy atom. The zero-order valence-electron chi connectivity index (χ0n) is 10.1. The minimum atomic E-state index is -1.83. The molecule has 3 heteroatoms. The van der Waals surface area contributed by atoms with Gasteiger partial charge >= 0.3 is 7.57 Å². The summed E-state index contributed by atoms with van der Waals surface area (Å²) in [5.41, 5.74) is 0. The molecule has 1 nitrogen and oxygen atoms in total. The van der Waals surface area contributed by atoms with Gasteiger partial charge in [0, 0.05) is 13.8 Å². The Hall–Kier alpha value is -1.27. The van der Waals surface area contributed by atoms with Crippen LogP contribution >= 0.6 is 7.14 Å². The number of benzene rings is 2. The smallest absolute Gasteiger partial charge is 0.377 e. The number of hydrogen-bond donors (Lipinski definition) is 0. The first-order valence-corrected chi connectivity index (χ1v) is 7.81. The van der Waals surface area contributed by atoms with Crippen LogP contribution in [-0.2, 0) is 0 Å². The Kier molecular flexibility index (Phi) is 3.54. The zero-order chi connectivity index (χ0) is 12.3. The van der Waals surface area contributed by atoms with Crippen molar-refractivity contribution in [3.05, 3.63) is 54.6 Å². The molecule has 2 radical (unpaired) electrons. The van der Waals surface area contributed by atoms with Crippen molar-refractivity contribution in [1.29, 1.82) is 0 Å². The van der Waals surface area contributed by atoms with E-state index < -0.39 is 7.14 Å². The average Bonchev–Trinajstić information content (AvgIpc) is 2.39. The monoisotopic (exact) mass is 241 g/mol. The summed E-state index contributed by atoms with van der Waals surface area (Å²) < 4.78 is 5.40. The zero-order valence-corrected chi connectivity index (χ0v) is 11.0. The van der Waals surface area contributed by atoms with E-state index >= 15 is 0 Å². The van der Waals surface area contributed by atoms with Crippen LogP contribution in [0.1, 0.15) is 0 Å². The fraction of sp³-hybridized carbons (Fsp3) is 0.143. The summed E-state index contributed by atoms with van der Waals surface area (Å²) >= 11 is 0. The molecular formula is C14H15BOP+. The van der Waals surface area contributed by atoms with Crippen molar-refractivity contribution < 1.29 is 4.74 Å². The summed E-state index contributed by atoms with van der Waals surface area (Å²) in [4.78, 5) is 0. The highest BCUT2D eigenvalue weighted by Crippen LogP contribution is 2.49. The molecule has 0 N–H and O–H groups in total. The first kappa shape index (κ1) is 12.2. The van der Waals surface area contributed by atoms with E-state index in [2.05, 4.69) is 24.9 Å². The third-order valence-corrected chi connectivity index (χ3v) is 5.62. The molecule has 0 aliphatic rings. The SMILES string of the molecule is [B][P+](C)(c1ccccc1)c1ccccc1OC. The molecule has 0 spiro atoms. The molecule has 0 heterocycles. The summed E-state index contributed by atoms with van der Waals surface area (Å²) in [7, 11) is 6.42. The van der Waals surface area contributed by atoms with Gasteiger partial charge in [0.1, 0.15) is 5.30 Å². The van der Waals surface area contributed by atoms with Crippen molar-refractivity contribution in [2.75, 3.05) is 13.8 Å². The van der Waals surface area contributed by atoms with Crippen LogP contribution in [0.2, 0.25) is 0 Å². The summed E-state index contributed by atoms with van der Waals surface area (Å²) in [6, 6.07) is 18.2. The fourth-order valence-corrected chi connectivity index (χ4v) is 3.98. The molecule has 17 heavy (non-hydrogen) atoms. The summed E-state index contributed by atoms with van der Waals surface area (Å²) in [5.74, 6) is 0.870. The van der Waals surface area contributed by atoms with E-state index in [-0.39, 0.29) is 0 Å². The molecule has 0 aliphatic heterocycles. The lowest BCUT2D eigenvalue weighted by Gasteiger charge is -2.20. The van der Waals surface area contributed by atoms with E-state index in [4.69, 9.17) is 12.3 Å².